The first-order valence-corrected chi connectivity index (χ1v) is 9.67. The Bertz CT molecular complexity index is 627. The largest absolute Gasteiger partial charge is 0.466 e. The Morgan fingerprint density at radius 3 is 2.52 bits per heavy atom. The summed E-state index contributed by atoms with van der Waals surface area (Å²) in [6, 6.07) is 10.2. The lowest BCUT2D eigenvalue weighted by atomic mass is 9.91. The highest BCUT2D eigenvalue weighted by atomic mass is 16.6. The van der Waals surface area contributed by atoms with E-state index in [1.165, 1.54) is 0 Å². The van der Waals surface area contributed by atoms with E-state index < -0.39 is 11.5 Å². The van der Waals surface area contributed by atoms with Gasteiger partial charge in [-0.2, -0.15) is 0 Å². The van der Waals surface area contributed by atoms with Gasteiger partial charge in [-0.15, -0.1) is 0 Å². The number of carbonyl (C=O) groups excluding carboxylic acids is 2. The number of amides is 1. The molecule has 1 aliphatic heterocycles. The SMILES string of the molecule is CCOC(=O)[C@H]1CN(C(=O)OC(C)(C)C)CC[C@@H]1N[C@H](C)c1ccccc1. The predicted octanol–water partition coefficient (Wildman–Crippen LogP) is 3.53. The summed E-state index contributed by atoms with van der Waals surface area (Å²) in [7, 11) is 0. The van der Waals surface area contributed by atoms with E-state index >= 15 is 0 Å². The topological polar surface area (TPSA) is 67.9 Å². The normalized spacial score (nSPS) is 21.4. The maximum atomic E-state index is 12.5. The molecule has 1 aliphatic rings. The van der Waals surface area contributed by atoms with Crippen LogP contribution in [-0.4, -0.2) is 48.3 Å². The Hall–Kier alpha value is -2.08. The number of esters is 1. The fraction of sp³-hybridized carbons (Fsp3) is 0.619. The zero-order chi connectivity index (χ0) is 20.0. The molecule has 0 aromatic heterocycles. The van der Waals surface area contributed by atoms with Crippen molar-refractivity contribution in [3.8, 4) is 0 Å². The van der Waals surface area contributed by atoms with E-state index in [0.717, 1.165) is 5.56 Å². The van der Waals surface area contributed by atoms with Gasteiger partial charge in [0.05, 0.1) is 12.5 Å². The van der Waals surface area contributed by atoms with Crippen LogP contribution in [0.4, 0.5) is 4.79 Å². The molecule has 3 atom stereocenters. The monoisotopic (exact) mass is 376 g/mol. The molecule has 2 rings (SSSR count). The highest BCUT2D eigenvalue weighted by molar-refractivity contribution is 5.76. The summed E-state index contributed by atoms with van der Waals surface area (Å²) in [6.07, 6.45) is 0.284. The molecule has 1 aromatic rings. The highest BCUT2D eigenvalue weighted by Gasteiger charge is 2.38. The first-order chi connectivity index (χ1) is 12.7. The maximum Gasteiger partial charge on any atom is 0.410 e. The van der Waals surface area contributed by atoms with Gasteiger partial charge in [0.15, 0.2) is 0 Å². The minimum Gasteiger partial charge on any atom is -0.466 e. The highest BCUT2D eigenvalue weighted by Crippen LogP contribution is 2.24. The third-order valence-electron chi connectivity index (χ3n) is 4.62. The van der Waals surface area contributed by atoms with Crippen LogP contribution in [0.2, 0.25) is 0 Å². The van der Waals surface area contributed by atoms with Crippen LogP contribution in [0.5, 0.6) is 0 Å². The van der Waals surface area contributed by atoms with Crippen molar-refractivity contribution in [2.45, 2.75) is 58.7 Å². The molecule has 27 heavy (non-hydrogen) atoms. The molecule has 0 saturated carbocycles. The summed E-state index contributed by atoms with van der Waals surface area (Å²) < 4.78 is 10.7. The number of carbonyl (C=O) groups is 2. The second-order valence-electron chi connectivity index (χ2n) is 7.98. The lowest BCUT2D eigenvalue weighted by Gasteiger charge is -2.39. The maximum absolute atomic E-state index is 12.5. The second kappa shape index (κ2) is 9.22. The van der Waals surface area contributed by atoms with E-state index in [9.17, 15) is 9.59 Å². The van der Waals surface area contributed by atoms with Crippen LogP contribution >= 0.6 is 0 Å². The Labute approximate surface area is 162 Å². The van der Waals surface area contributed by atoms with Crippen LogP contribution in [0.25, 0.3) is 0 Å². The summed E-state index contributed by atoms with van der Waals surface area (Å²) in [6.45, 7) is 10.6. The van der Waals surface area contributed by atoms with Gasteiger partial charge in [-0.1, -0.05) is 30.3 Å². The summed E-state index contributed by atoms with van der Waals surface area (Å²) in [4.78, 5) is 26.6. The average molecular weight is 376 g/mol. The van der Waals surface area contributed by atoms with Crippen LogP contribution in [0.1, 0.15) is 52.6 Å². The third kappa shape index (κ3) is 6.24. The van der Waals surface area contributed by atoms with E-state index in [1.54, 1.807) is 11.8 Å². The molecule has 0 spiro atoms. The fourth-order valence-electron chi connectivity index (χ4n) is 3.29. The summed E-state index contributed by atoms with van der Waals surface area (Å²) in [5.41, 5.74) is 0.600. The average Bonchev–Trinajstić information content (AvgIpc) is 2.61. The van der Waals surface area contributed by atoms with Crippen LogP contribution in [0.15, 0.2) is 30.3 Å². The van der Waals surface area contributed by atoms with Crippen molar-refractivity contribution >= 4 is 12.1 Å². The molecule has 0 bridgehead atoms. The molecule has 150 valence electrons. The minimum absolute atomic E-state index is 0.0575. The molecular weight excluding hydrogens is 344 g/mol. The number of hydrogen-bond acceptors (Lipinski definition) is 5. The van der Waals surface area contributed by atoms with E-state index in [1.807, 2.05) is 39.0 Å². The van der Waals surface area contributed by atoms with Crippen molar-refractivity contribution in [1.29, 1.82) is 0 Å². The molecule has 1 fully saturated rings. The van der Waals surface area contributed by atoms with Crippen molar-refractivity contribution in [1.82, 2.24) is 10.2 Å². The van der Waals surface area contributed by atoms with E-state index in [0.29, 0.717) is 26.1 Å². The molecule has 1 aromatic carbocycles. The van der Waals surface area contributed by atoms with Gasteiger partial charge in [-0.05, 0) is 46.6 Å². The third-order valence-corrected chi connectivity index (χ3v) is 4.62. The molecule has 1 N–H and O–H groups in total. The molecule has 1 heterocycles. The summed E-state index contributed by atoms with van der Waals surface area (Å²) >= 11 is 0. The summed E-state index contributed by atoms with van der Waals surface area (Å²) in [5.74, 6) is -0.694. The van der Waals surface area contributed by atoms with E-state index in [4.69, 9.17) is 9.47 Å². The van der Waals surface area contributed by atoms with Crippen molar-refractivity contribution in [3.05, 3.63) is 35.9 Å². The predicted molar refractivity (Wildman–Crippen MR) is 104 cm³/mol. The molecular formula is C21H32N2O4. The van der Waals surface area contributed by atoms with Gasteiger partial charge >= 0.3 is 12.1 Å². The first kappa shape index (κ1) is 21.2. The first-order valence-electron chi connectivity index (χ1n) is 9.67. The number of nitrogens with one attached hydrogen (secondary N) is 1. The Morgan fingerprint density at radius 2 is 1.93 bits per heavy atom. The van der Waals surface area contributed by atoms with Crippen LogP contribution in [-0.2, 0) is 14.3 Å². The van der Waals surface area contributed by atoms with Crippen molar-refractivity contribution in [3.63, 3.8) is 0 Å². The van der Waals surface area contributed by atoms with E-state index in [-0.39, 0.29) is 24.1 Å². The minimum atomic E-state index is -0.562. The summed E-state index contributed by atoms with van der Waals surface area (Å²) in [5, 5.41) is 3.55. The number of likely N-dealkylation sites (tertiary alicyclic amines) is 1. The van der Waals surface area contributed by atoms with Crippen LogP contribution < -0.4 is 5.32 Å². The van der Waals surface area contributed by atoms with Crippen molar-refractivity contribution in [2.24, 2.45) is 5.92 Å². The Balaban J connectivity index is 2.08. The molecule has 6 nitrogen and oxygen atoms in total. The van der Waals surface area contributed by atoms with Gasteiger partial charge < -0.3 is 19.7 Å². The van der Waals surface area contributed by atoms with Crippen LogP contribution in [0.3, 0.4) is 0 Å². The molecule has 0 aliphatic carbocycles. The quantitative estimate of drug-likeness (QED) is 0.797. The molecule has 1 saturated heterocycles. The number of ether oxygens (including phenoxy) is 2. The van der Waals surface area contributed by atoms with E-state index in [2.05, 4.69) is 24.4 Å². The molecule has 6 heteroatoms. The smallest absolute Gasteiger partial charge is 0.410 e. The molecule has 0 unspecified atom stereocenters. The lowest BCUT2D eigenvalue weighted by molar-refractivity contribution is -0.151. The number of piperidine rings is 1. The Kier molecular flexibility index (Phi) is 7.25. The van der Waals surface area contributed by atoms with Gasteiger partial charge in [-0.25, -0.2) is 4.79 Å². The van der Waals surface area contributed by atoms with Gasteiger partial charge in [0.25, 0.3) is 0 Å². The van der Waals surface area contributed by atoms with Gasteiger partial charge in [0.2, 0.25) is 0 Å². The molecule has 0 radical (unpaired) electrons. The second-order valence-corrected chi connectivity index (χ2v) is 7.98. The van der Waals surface area contributed by atoms with Crippen molar-refractivity contribution in [2.75, 3.05) is 19.7 Å². The standard InChI is InChI=1S/C21H32N2O4/c1-6-26-19(24)17-14-23(20(25)27-21(3,4)5)13-12-18(17)22-15(2)16-10-8-7-9-11-16/h7-11,15,17-18,22H,6,12-14H2,1-5H3/t15-,17+,18+/m1/s1. The number of hydrogen-bond donors (Lipinski definition) is 1. The fourth-order valence-corrected chi connectivity index (χ4v) is 3.29. The van der Waals surface area contributed by atoms with Crippen molar-refractivity contribution < 1.29 is 19.1 Å². The zero-order valence-corrected chi connectivity index (χ0v) is 17.0. The number of nitrogens with zero attached hydrogens (tertiary/aromatic N) is 1. The van der Waals surface area contributed by atoms with Crippen LogP contribution in [0, 0.1) is 5.92 Å². The van der Waals surface area contributed by atoms with Gasteiger partial charge in [0.1, 0.15) is 5.60 Å². The van der Waals surface area contributed by atoms with Gasteiger partial charge in [-0.3, -0.25) is 4.79 Å². The Morgan fingerprint density at radius 1 is 1.26 bits per heavy atom. The number of benzene rings is 1. The van der Waals surface area contributed by atoms with Gasteiger partial charge in [0, 0.05) is 25.2 Å². The molecule has 1 amide bonds. The lowest BCUT2D eigenvalue weighted by Crippen LogP contribution is -2.55. The zero-order valence-electron chi connectivity index (χ0n) is 17.0. The number of rotatable bonds is 5.